The van der Waals surface area contributed by atoms with Crippen LogP contribution in [0.15, 0.2) is 53.4 Å². The summed E-state index contributed by atoms with van der Waals surface area (Å²) in [4.78, 5) is 1.33. The summed E-state index contributed by atoms with van der Waals surface area (Å²) in [5, 5.41) is 3.41. The summed E-state index contributed by atoms with van der Waals surface area (Å²) in [5.74, 6) is 1.98. The number of hydrogen-bond acceptors (Lipinski definition) is 3. The van der Waals surface area contributed by atoms with Gasteiger partial charge in [0.2, 0.25) is 0 Å². The monoisotopic (exact) mass is 301 g/mol. The van der Waals surface area contributed by atoms with Crippen molar-refractivity contribution >= 4 is 11.8 Å². The largest absolute Gasteiger partial charge is 0.497 e. The van der Waals surface area contributed by atoms with Crippen molar-refractivity contribution in [2.75, 3.05) is 19.9 Å². The molecule has 2 rings (SSSR count). The van der Waals surface area contributed by atoms with Crippen molar-refractivity contribution in [1.29, 1.82) is 0 Å². The van der Waals surface area contributed by atoms with E-state index >= 15 is 0 Å². The number of rotatable bonds is 7. The van der Waals surface area contributed by atoms with Crippen LogP contribution in [-0.4, -0.2) is 26.0 Å². The van der Waals surface area contributed by atoms with Gasteiger partial charge in [0.05, 0.1) is 7.11 Å². The van der Waals surface area contributed by atoms with E-state index in [1.54, 1.807) is 7.11 Å². The Kier molecular flexibility index (Phi) is 6.15. The van der Waals surface area contributed by atoms with E-state index in [0.717, 1.165) is 17.9 Å². The number of likely N-dealkylation sites (N-methyl/N-ethyl adjacent to an activating group) is 1. The van der Waals surface area contributed by atoms with Crippen molar-refractivity contribution < 1.29 is 4.74 Å². The van der Waals surface area contributed by atoms with Crippen LogP contribution in [0.25, 0.3) is 0 Å². The molecule has 0 spiro atoms. The molecule has 0 radical (unpaired) electrons. The fraction of sp³-hybridized carbons (Fsp3) is 0.333. The predicted molar refractivity (Wildman–Crippen MR) is 91.4 cm³/mol. The zero-order valence-electron chi connectivity index (χ0n) is 12.9. The van der Waals surface area contributed by atoms with Crippen LogP contribution >= 0.6 is 11.8 Å². The van der Waals surface area contributed by atoms with Gasteiger partial charge in [-0.25, -0.2) is 0 Å². The first-order chi connectivity index (χ1) is 10.2. The van der Waals surface area contributed by atoms with E-state index in [-0.39, 0.29) is 0 Å². The number of aryl methyl sites for hydroxylation is 1. The minimum absolute atomic E-state index is 0.447. The highest BCUT2D eigenvalue weighted by Gasteiger charge is 2.09. The second-order valence-corrected chi connectivity index (χ2v) is 6.26. The van der Waals surface area contributed by atoms with E-state index in [2.05, 4.69) is 54.7 Å². The van der Waals surface area contributed by atoms with Crippen LogP contribution in [0.4, 0.5) is 0 Å². The average molecular weight is 301 g/mol. The second kappa shape index (κ2) is 8.11. The summed E-state index contributed by atoms with van der Waals surface area (Å²) in [6, 6.07) is 17.4. The lowest BCUT2D eigenvalue weighted by Crippen LogP contribution is -2.30. The Bertz CT molecular complexity index is 571. The van der Waals surface area contributed by atoms with E-state index in [1.807, 2.05) is 24.9 Å². The Morgan fingerprint density at radius 3 is 2.67 bits per heavy atom. The average Bonchev–Trinajstić information content (AvgIpc) is 2.51. The molecule has 0 aromatic heterocycles. The topological polar surface area (TPSA) is 21.3 Å². The molecule has 0 saturated carbocycles. The van der Waals surface area contributed by atoms with Gasteiger partial charge >= 0.3 is 0 Å². The summed E-state index contributed by atoms with van der Waals surface area (Å²) in [6.45, 7) is 2.13. The summed E-state index contributed by atoms with van der Waals surface area (Å²) in [5.41, 5.74) is 2.62. The molecule has 0 fully saturated rings. The Morgan fingerprint density at radius 2 is 1.95 bits per heavy atom. The molecule has 0 aliphatic carbocycles. The van der Waals surface area contributed by atoms with E-state index in [0.29, 0.717) is 6.04 Å². The molecule has 2 nitrogen and oxygen atoms in total. The third kappa shape index (κ3) is 5.10. The zero-order valence-corrected chi connectivity index (χ0v) is 13.7. The highest BCUT2D eigenvalue weighted by Crippen LogP contribution is 2.21. The summed E-state index contributed by atoms with van der Waals surface area (Å²) in [7, 11) is 3.74. The van der Waals surface area contributed by atoms with Crippen LogP contribution in [0.2, 0.25) is 0 Å². The van der Waals surface area contributed by atoms with Gasteiger partial charge in [0, 0.05) is 16.7 Å². The minimum Gasteiger partial charge on any atom is -0.497 e. The number of nitrogens with one attached hydrogen (secondary N) is 1. The lowest BCUT2D eigenvalue weighted by atomic mass is 10.1. The Morgan fingerprint density at radius 1 is 1.14 bits per heavy atom. The standard InChI is InChI=1S/C18H23NOS/c1-14-6-4-9-18(10-14)21-13-16(19-2)11-15-7-5-8-17(12-15)20-3/h4-10,12,16,19H,11,13H2,1-3H3. The molecule has 0 bridgehead atoms. The van der Waals surface area contributed by atoms with Crippen molar-refractivity contribution in [2.45, 2.75) is 24.3 Å². The number of ether oxygens (including phenoxy) is 1. The van der Waals surface area contributed by atoms with Crippen molar-refractivity contribution in [3.8, 4) is 5.75 Å². The Labute approximate surface area is 131 Å². The minimum atomic E-state index is 0.447. The van der Waals surface area contributed by atoms with Gasteiger partial charge in [-0.1, -0.05) is 29.8 Å². The number of methoxy groups -OCH3 is 1. The first-order valence-electron chi connectivity index (χ1n) is 7.21. The maximum Gasteiger partial charge on any atom is 0.119 e. The summed E-state index contributed by atoms with van der Waals surface area (Å²) in [6.07, 6.45) is 1.01. The highest BCUT2D eigenvalue weighted by atomic mass is 32.2. The molecule has 0 aliphatic rings. The van der Waals surface area contributed by atoms with Gasteiger partial charge in [-0.3, -0.25) is 0 Å². The SMILES string of the molecule is CNC(CSc1cccc(C)c1)Cc1cccc(OC)c1. The summed E-state index contributed by atoms with van der Waals surface area (Å²) >= 11 is 1.90. The maximum absolute atomic E-state index is 5.29. The van der Waals surface area contributed by atoms with Crippen LogP contribution < -0.4 is 10.1 Å². The summed E-state index contributed by atoms with van der Waals surface area (Å²) < 4.78 is 5.29. The molecule has 21 heavy (non-hydrogen) atoms. The van der Waals surface area contributed by atoms with Gasteiger partial charge < -0.3 is 10.1 Å². The highest BCUT2D eigenvalue weighted by molar-refractivity contribution is 7.99. The lowest BCUT2D eigenvalue weighted by molar-refractivity contribution is 0.414. The van der Waals surface area contributed by atoms with Gasteiger partial charge in [-0.05, 0) is 50.2 Å². The molecule has 1 atom stereocenters. The maximum atomic E-state index is 5.29. The number of benzene rings is 2. The molecule has 1 unspecified atom stereocenters. The molecule has 0 saturated heterocycles. The van der Waals surface area contributed by atoms with E-state index < -0.39 is 0 Å². The quantitative estimate of drug-likeness (QED) is 0.783. The first kappa shape index (κ1) is 15.9. The van der Waals surface area contributed by atoms with Gasteiger partial charge in [0.15, 0.2) is 0 Å². The number of thioether (sulfide) groups is 1. The van der Waals surface area contributed by atoms with Crippen LogP contribution in [0.3, 0.4) is 0 Å². The molecule has 3 heteroatoms. The fourth-order valence-corrected chi connectivity index (χ4v) is 3.35. The Balaban J connectivity index is 1.93. The molecule has 0 amide bonds. The van der Waals surface area contributed by atoms with Gasteiger partial charge in [0.1, 0.15) is 5.75 Å². The first-order valence-corrected chi connectivity index (χ1v) is 8.19. The molecule has 2 aromatic rings. The van der Waals surface area contributed by atoms with E-state index in [4.69, 9.17) is 4.74 Å². The Hall–Kier alpha value is -1.45. The fourth-order valence-electron chi connectivity index (χ4n) is 2.23. The number of hydrogen-bond donors (Lipinski definition) is 1. The normalized spacial score (nSPS) is 12.1. The van der Waals surface area contributed by atoms with Crippen molar-refractivity contribution in [3.05, 3.63) is 59.7 Å². The van der Waals surface area contributed by atoms with E-state index in [1.165, 1.54) is 16.0 Å². The van der Waals surface area contributed by atoms with Crippen LogP contribution in [0, 0.1) is 6.92 Å². The van der Waals surface area contributed by atoms with Crippen molar-refractivity contribution in [3.63, 3.8) is 0 Å². The van der Waals surface area contributed by atoms with Crippen LogP contribution in [0.1, 0.15) is 11.1 Å². The smallest absolute Gasteiger partial charge is 0.119 e. The second-order valence-electron chi connectivity index (χ2n) is 5.17. The molecule has 2 aromatic carbocycles. The van der Waals surface area contributed by atoms with Crippen molar-refractivity contribution in [2.24, 2.45) is 0 Å². The molecular weight excluding hydrogens is 278 g/mol. The zero-order chi connectivity index (χ0) is 15.1. The third-order valence-electron chi connectivity index (χ3n) is 3.47. The van der Waals surface area contributed by atoms with Crippen molar-refractivity contribution in [1.82, 2.24) is 5.32 Å². The van der Waals surface area contributed by atoms with Crippen LogP contribution in [0.5, 0.6) is 5.75 Å². The molecule has 0 heterocycles. The lowest BCUT2D eigenvalue weighted by Gasteiger charge is -2.16. The van der Waals surface area contributed by atoms with Crippen LogP contribution in [-0.2, 0) is 6.42 Å². The van der Waals surface area contributed by atoms with Gasteiger partial charge in [-0.2, -0.15) is 0 Å². The molecule has 112 valence electrons. The predicted octanol–water partition coefficient (Wildman–Crippen LogP) is 3.93. The molecule has 0 aliphatic heterocycles. The molecule has 1 N–H and O–H groups in total. The molecular formula is C18H23NOS. The van der Waals surface area contributed by atoms with E-state index in [9.17, 15) is 0 Å². The van der Waals surface area contributed by atoms with Gasteiger partial charge in [-0.15, -0.1) is 11.8 Å². The van der Waals surface area contributed by atoms with Gasteiger partial charge in [0.25, 0.3) is 0 Å². The third-order valence-corrected chi connectivity index (χ3v) is 4.62.